The topological polar surface area (TPSA) is 0 Å². The van der Waals surface area contributed by atoms with Gasteiger partial charge in [0.05, 0.1) is 0 Å². The van der Waals surface area contributed by atoms with E-state index in [1.54, 1.807) is 0 Å². The highest BCUT2D eigenvalue weighted by Gasteiger charge is 1.99. The van der Waals surface area contributed by atoms with E-state index in [0.717, 1.165) is 16.5 Å². The van der Waals surface area contributed by atoms with Crippen molar-refractivity contribution in [3.8, 4) is 0 Å². The molecule has 0 saturated heterocycles. The van der Waals surface area contributed by atoms with E-state index in [-0.39, 0.29) is 5.82 Å². The molecule has 2 rings (SSSR count). The number of benzene rings is 2. The Morgan fingerprint density at radius 2 is 1.62 bits per heavy atom. The van der Waals surface area contributed by atoms with Crippen molar-refractivity contribution >= 4 is 15.9 Å². The highest BCUT2D eigenvalue weighted by molar-refractivity contribution is 9.10. The lowest BCUT2D eigenvalue weighted by Gasteiger charge is -2.04. The summed E-state index contributed by atoms with van der Waals surface area (Å²) in [5.41, 5.74) is 3.59. The Kier molecular flexibility index (Phi) is 3.39. The first kappa shape index (κ1) is 11.3. The molecule has 0 nitrogen and oxygen atoms in total. The largest absolute Gasteiger partial charge is 0.207 e. The summed E-state index contributed by atoms with van der Waals surface area (Å²) in [4.78, 5) is 0. The molecular formula is C14H12BrF. The van der Waals surface area contributed by atoms with Crippen LogP contribution in [0.1, 0.15) is 16.7 Å². The SMILES string of the molecule is Cc1cc(Cc2ccc(F)cc2)ccc1Br. The molecule has 2 aromatic rings. The quantitative estimate of drug-likeness (QED) is 0.760. The minimum Gasteiger partial charge on any atom is -0.207 e. The maximum atomic E-state index is 12.7. The summed E-state index contributed by atoms with van der Waals surface area (Å²) in [6.45, 7) is 2.07. The van der Waals surface area contributed by atoms with Gasteiger partial charge in [0, 0.05) is 4.47 Å². The first-order valence-electron chi connectivity index (χ1n) is 5.14. The monoisotopic (exact) mass is 278 g/mol. The fraction of sp³-hybridized carbons (Fsp3) is 0.143. The molecule has 2 heteroatoms. The fourth-order valence-electron chi connectivity index (χ4n) is 1.65. The molecular weight excluding hydrogens is 267 g/mol. The second kappa shape index (κ2) is 4.79. The Balaban J connectivity index is 2.20. The zero-order chi connectivity index (χ0) is 11.5. The maximum absolute atomic E-state index is 12.7. The molecule has 2 aromatic carbocycles. The van der Waals surface area contributed by atoms with Crippen LogP contribution in [0.5, 0.6) is 0 Å². The van der Waals surface area contributed by atoms with Gasteiger partial charge < -0.3 is 0 Å². The van der Waals surface area contributed by atoms with Crippen LogP contribution < -0.4 is 0 Å². The molecule has 0 N–H and O–H groups in total. The third-order valence-electron chi connectivity index (χ3n) is 2.54. The number of aryl methyl sites for hydroxylation is 1. The van der Waals surface area contributed by atoms with Crippen molar-refractivity contribution in [1.29, 1.82) is 0 Å². The molecule has 0 atom stereocenters. The number of halogens is 2. The average molecular weight is 279 g/mol. The Hall–Kier alpha value is -1.15. The molecule has 0 aromatic heterocycles. The standard InChI is InChI=1S/C14H12BrF/c1-10-8-12(4-7-14(10)15)9-11-2-5-13(16)6-3-11/h2-8H,9H2,1H3. The van der Waals surface area contributed by atoms with Gasteiger partial charge in [0.2, 0.25) is 0 Å². The molecule has 0 aliphatic rings. The van der Waals surface area contributed by atoms with Gasteiger partial charge in [0.15, 0.2) is 0 Å². The molecule has 0 heterocycles. The normalized spacial score (nSPS) is 10.4. The lowest BCUT2D eigenvalue weighted by molar-refractivity contribution is 0.627. The Morgan fingerprint density at radius 1 is 1.00 bits per heavy atom. The van der Waals surface area contributed by atoms with Gasteiger partial charge in [0.1, 0.15) is 5.82 Å². The highest BCUT2D eigenvalue weighted by atomic mass is 79.9. The molecule has 0 fully saturated rings. The van der Waals surface area contributed by atoms with Gasteiger partial charge in [-0.05, 0) is 48.2 Å². The van der Waals surface area contributed by atoms with Gasteiger partial charge >= 0.3 is 0 Å². The van der Waals surface area contributed by atoms with Gasteiger partial charge in [0.25, 0.3) is 0 Å². The number of hydrogen-bond acceptors (Lipinski definition) is 0. The predicted molar refractivity (Wildman–Crippen MR) is 68.1 cm³/mol. The maximum Gasteiger partial charge on any atom is 0.123 e. The van der Waals surface area contributed by atoms with Gasteiger partial charge in [-0.15, -0.1) is 0 Å². The first-order chi connectivity index (χ1) is 7.65. The summed E-state index contributed by atoms with van der Waals surface area (Å²) in [6.07, 6.45) is 0.842. The average Bonchev–Trinajstić information content (AvgIpc) is 2.27. The van der Waals surface area contributed by atoms with Crippen LogP contribution in [-0.2, 0) is 6.42 Å². The van der Waals surface area contributed by atoms with E-state index in [1.165, 1.54) is 23.3 Å². The zero-order valence-corrected chi connectivity index (χ0v) is 10.6. The van der Waals surface area contributed by atoms with Gasteiger partial charge in [-0.3, -0.25) is 0 Å². The molecule has 0 bridgehead atoms. The Labute approximate surface area is 103 Å². The fourth-order valence-corrected chi connectivity index (χ4v) is 1.90. The van der Waals surface area contributed by atoms with Crippen LogP contribution in [-0.4, -0.2) is 0 Å². The second-order valence-corrected chi connectivity index (χ2v) is 4.74. The summed E-state index contributed by atoms with van der Waals surface area (Å²) in [5.74, 6) is -0.185. The lowest BCUT2D eigenvalue weighted by atomic mass is 10.0. The summed E-state index contributed by atoms with van der Waals surface area (Å²) >= 11 is 3.47. The van der Waals surface area contributed by atoms with E-state index in [9.17, 15) is 4.39 Å². The molecule has 16 heavy (non-hydrogen) atoms. The van der Waals surface area contributed by atoms with Crippen LogP contribution in [0.15, 0.2) is 46.9 Å². The summed E-state index contributed by atoms with van der Waals surface area (Å²) < 4.78 is 13.9. The third kappa shape index (κ3) is 2.70. The molecule has 0 aliphatic carbocycles. The smallest absolute Gasteiger partial charge is 0.123 e. The molecule has 0 aliphatic heterocycles. The molecule has 0 unspecified atom stereocenters. The van der Waals surface area contributed by atoms with Crippen molar-refractivity contribution in [3.63, 3.8) is 0 Å². The Bertz CT molecular complexity index is 489. The summed E-state index contributed by atoms with van der Waals surface area (Å²) in [7, 11) is 0. The van der Waals surface area contributed by atoms with E-state index < -0.39 is 0 Å². The van der Waals surface area contributed by atoms with Crippen LogP contribution >= 0.6 is 15.9 Å². The van der Waals surface area contributed by atoms with E-state index in [0.29, 0.717) is 0 Å². The third-order valence-corrected chi connectivity index (χ3v) is 3.43. The summed E-state index contributed by atoms with van der Waals surface area (Å²) in [5, 5.41) is 0. The molecule has 0 radical (unpaired) electrons. The van der Waals surface area contributed by atoms with E-state index in [1.807, 2.05) is 18.2 Å². The van der Waals surface area contributed by atoms with Crippen molar-refractivity contribution in [2.45, 2.75) is 13.3 Å². The summed E-state index contributed by atoms with van der Waals surface area (Å²) in [6, 6.07) is 12.9. The minimum absolute atomic E-state index is 0.185. The van der Waals surface area contributed by atoms with Crippen LogP contribution in [0, 0.1) is 12.7 Å². The van der Waals surface area contributed by atoms with E-state index in [4.69, 9.17) is 0 Å². The number of rotatable bonds is 2. The van der Waals surface area contributed by atoms with Crippen molar-refractivity contribution in [2.75, 3.05) is 0 Å². The van der Waals surface area contributed by atoms with Gasteiger partial charge in [-0.1, -0.05) is 40.2 Å². The van der Waals surface area contributed by atoms with Crippen LogP contribution in [0.3, 0.4) is 0 Å². The molecule has 82 valence electrons. The van der Waals surface area contributed by atoms with Gasteiger partial charge in [-0.25, -0.2) is 4.39 Å². The van der Waals surface area contributed by atoms with Crippen molar-refractivity contribution < 1.29 is 4.39 Å². The lowest BCUT2D eigenvalue weighted by Crippen LogP contribution is -1.89. The van der Waals surface area contributed by atoms with E-state index >= 15 is 0 Å². The Morgan fingerprint density at radius 3 is 2.25 bits per heavy atom. The first-order valence-corrected chi connectivity index (χ1v) is 5.94. The van der Waals surface area contributed by atoms with E-state index in [2.05, 4.69) is 35.0 Å². The van der Waals surface area contributed by atoms with Crippen LogP contribution in [0.4, 0.5) is 4.39 Å². The predicted octanol–water partition coefficient (Wildman–Crippen LogP) is 4.49. The second-order valence-electron chi connectivity index (χ2n) is 3.89. The van der Waals surface area contributed by atoms with Gasteiger partial charge in [-0.2, -0.15) is 0 Å². The minimum atomic E-state index is -0.185. The molecule has 0 spiro atoms. The van der Waals surface area contributed by atoms with Crippen molar-refractivity contribution in [1.82, 2.24) is 0 Å². The molecule has 0 amide bonds. The number of hydrogen-bond donors (Lipinski definition) is 0. The van der Waals surface area contributed by atoms with Crippen molar-refractivity contribution in [3.05, 3.63) is 69.4 Å². The molecule has 0 saturated carbocycles. The highest BCUT2D eigenvalue weighted by Crippen LogP contribution is 2.19. The zero-order valence-electron chi connectivity index (χ0n) is 9.00. The van der Waals surface area contributed by atoms with Crippen molar-refractivity contribution in [2.24, 2.45) is 0 Å². The van der Waals surface area contributed by atoms with Crippen LogP contribution in [0.25, 0.3) is 0 Å². The van der Waals surface area contributed by atoms with Crippen LogP contribution in [0.2, 0.25) is 0 Å².